The first-order valence-electron chi connectivity index (χ1n) is 10.1. The van der Waals surface area contributed by atoms with Crippen molar-refractivity contribution in [2.24, 2.45) is 0 Å². The summed E-state index contributed by atoms with van der Waals surface area (Å²) in [5.41, 5.74) is 2.78. The Bertz CT molecular complexity index is 1060. The van der Waals surface area contributed by atoms with Crippen LogP contribution in [0.2, 0.25) is 5.02 Å². The van der Waals surface area contributed by atoms with Gasteiger partial charge in [-0.1, -0.05) is 17.7 Å². The van der Waals surface area contributed by atoms with Gasteiger partial charge in [0.15, 0.2) is 5.82 Å². The summed E-state index contributed by atoms with van der Waals surface area (Å²) in [6.45, 7) is 4.12. The van der Waals surface area contributed by atoms with E-state index in [9.17, 15) is 4.79 Å². The minimum Gasteiger partial charge on any atom is -0.474 e. The second-order valence-electron chi connectivity index (χ2n) is 7.51. The van der Waals surface area contributed by atoms with Gasteiger partial charge < -0.3 is 10.1 Å². The van der Waals surface area contributed by atoms with E-state index < -0.39 is 0 Å². The highest BCUT2D eigenvalue weighted by Crippen LogP contribution is 2.25. The zero-order valence-corrected chi connectivity index (χ0v) is 17.8. The summed E-state index contributed by atoms with van der Waals surface area (Å²) in [6.07, 6.45) is 6.34. The predicted molar refractivity (Wildman–Crippen MR) is 114 cm³/mol. The van der Waals surface area contributed by atoms with Gasteiger partial charge in [0.1, 0.15) is 11.8 Å². The summed E-state index contributed by atoms with van der Waals surface area (Å²) >= 11 is 6.26. The van der Waals surface area contributed by atoms with E-state index in [-0.39, 0.29) is 29.3 Å². The van der Waals surface area contributed by atoms with Crippen molar-refractivity contribution in [1.29, 1.82) is 0 Å². The molecule has 1 aliphatic carbocycles. The fourth-order valence-corrected chi connectivity index (χ4v) is 3.85. The van der Waals surface area contributed by atoms with Gasteiger partial charge in [0.2, 0.25) is 5.88 Å². The molecule has 1 fully saturated rings. The first-order chi connectivity index (χ1) is 14.5. The fraction of sp³-hybridized carbons (Fsp3) is 0.364. The molecule has 0 unspecified atom stereocenters. The van der Waals surface area contributed by atoms with Gasteiger partial charge in [-0.25, -0.2) is 14.6 Å². The quantitative estimate of drug-likeness (QED) is 0.640. The lowest BCUT2D eigenvalue weighted by Gasteiger charge is -2.15. The number of rotatable bonds is 6. The minimum absolute atomic E-state index is 0.156. The van der Waals surface area contributed by atoms with Gasteiger partial charge in [0.05, 0.1) is 10.7 Å². The molecule has 1 amide bonds. The van der Waals surface area contributed by atoms with Crippen molar-refractivity contribution < 1.29 is 9.53 Å². The minimum atomic E-state index is -0.362. The molecule has 0 saturated heterocycles. The summed E-state index contributed by atoms with van der Waals surface area (Å²) in [4.78, 5) is 21.6. The first-order valence-corrected chi connectivity index (χ1v) is 10.5. The molecule has 4 rings (SSSR count). The molecule has 3 aromatic heterocycles. The maximum atomic E-state index is 12.8. The molecule has 1 saturated carbocycles. The third-order valence-corrected chi connectivity index (χ3v) is 5.45. The molecule has 8 heteroatoms. The molecule has 0 bridgehead atoms. The van der Waals surface area contributed by atoms with E-state index >= 15 is 0 Å². The Hall–Kier alpha value is -2.93. The molecule has 156 valence electrons. The van der Waals surface area contributed by atoms with Crippen LogP contribution in [0.15, 0.2) is 36.5 Å². The van der Waals surface area contributed by atoms with Crippen molar-refractivity contribution in [2.45, 2.75) is 52.2 Å². The highest BCUT2D eigenvalue weighted by atomic mass is 35.5. The number of aromatic nitrogens is 4. The number of aryl methyl sites for hydroxylation is 2. The van der Waals surface area contributed by atoms with Gasteiger partial charge in [0.25, 0.3) is 5.91 Å². The maximum Gasteiger partial charge on any atom is 0.271 e. The molecule has 3 aromatic rings. The zero-order valence-electron chi connectivity index (χ0n) is 17.1. The predicted octanol–water partition coefficient (Wildman–Crippen LogP) is 4.18. The number of pyridine rings is 2. The SMILES string of the molecule is Cc1cc(C)n(-c2ccc(Cl)c(C(=O)NCc3cccnc3OC3CCCC3)n2)n1. The average molecular weight is 426 g/mol. The second-order valence-corrected chi connectivity index (χ2v) is 7.92. The maximum absolute atomic E-state index is 12.8. The van der Waals surface area contributed by atoms with Crippen LogP contribution >= 0.6 is 11.6 Å². The highest BCUT2D eigenvalue weighted by Gasteiger charge is 2.20. The third kappa shape index (κ3) is 4.46. The van der Waals surface area contributed by atoms with Crippen LogP contribution in [0.4, 0.5) is 0 Å². The van der Waals surface area contributed by atoms with Crippen LogP contribution in [0, 0.1) is 13.8 Å². The zero-order chi connectivity index (χ0) is 21.1. The number of nitrogens with zero attached hydrogens (tertiary/aromatic N) is 4. The summed E-state index contributed by atoms with van der Waals surface area (Å²) in [5.74, 6) is 0.751. The van der Waals surface area contributed by atoms with Gasteiger partial charge in [-0.05, 0) is 63.8 Å². The molecule has 0 aliphatic heterocycles. The van der Waals surface area contributed by atoms with Gasteiger partial charge >= 0.3 is 0 Å². The Morgan fingerprint density at radius 2 is 2.07 bits per heavy atom. The molecule has 0 spiro atoms. The van der Waals surface area contributed by atoms with Crippen LogP contribution in [0.25, 0.3) is 5.82 Å². The number of ether oxygens (including phenoxy) is 1. The number of halogens is 1. The number of carbonyl (C=O) groups excluding carboxylic acids is 1. The molecular formula is C22H24ClN5O2. The van der Waals surface area contributed by atoms with Crippen LogP contribution in [0.1, 0.15) is 53.1 Å². The lowest BCUT2D eigenvalue weighted by molar-refractivity contribution is 0.0945. The average Bonchev–Trinajstić information content (AvgIpc) is 3.36. The van der Waals surface area contributed by atoms with Gasteiger partial charge in [-0.2, -0.15) is 5.10 Å². The Balaban J connectivity index is 1.50. The van der Waals surface area contributed by atoms with Crippen molar-refractivity contribution in [2.75, 3.05) is 0 Å². The summed E-state index contributed by atoms with van der Waals surface area (Å²) < 4.78 is 7.74. The number of nitrogens with one attached hydrogen (secondary N) is 1. The van der Waals surface area contributed by atoms with Gasteiger partial charge in [-0.3, -0.25) is 4.79 Å². The van der Waals surface area contributed by atoms with E-state index in [2.05, 4.69) is 20.4 Å². The standard InChI is InChI=1S/C22H24ClN5O2/c1-14-12-15(2)28(27-14)19-10-9-18(23)20(26-19)21(29)25-13-16-6-5-11-24-22(16)30-17-7-3-4-8-17/h5-6,9-12,17H,3-4,7-8,13H2,1-2H3,(H,25,29). The van der Waals surface area contributed by atoms with E-state index in [1.54, 1.807) is 23.0 Å². The third-order valence-electron chi connectivity index (χ3n) is 5.14. The molecule has 30 heavy (non-hydrogen) atoms. The van der Waals surface area contributed by atoms with Crippen molar-refractivity contribution in [3.05, 3.63) is 64.2 Å². The van der Waals surface area contributed by atoms with Crippen molar-refractivity contribution in [3.8, 4) is 11.7 Å². The number of hydrogen-bond donors (Lipinski definition) is 1. The second kappa shape index (κ2) is 8.83. The van der Waals surface area contributed by atoms with Gasteiger partial charge in [-0.15, -0.1) is 0 Å². The molecule has 0 atom stereocenters. The molecule has 1 aliphatic rings. The monoisotopic (exact) mass is 425 g/mol. The lowest BCUT2D eigenvalue weighted by Crippen LogP contribution is -2.25. The van der Waals surface area contributed by atoms with E-state index in [1.807, 2.05) is 32.0 Å². The fourth-order valence-electron chi connectivity index (χ4n) is 3.66. The normalized spacial score (nSPS) is 14.1. The lowest BCUT2D eigenvalue weighted by atomic mass is 10.2. The molecule has 7 nitrogen and oxygen atoms in total. The van der Waals surface area contributed by atoms with Crippen molar-refractivity contribution >= 4 is 17.5 Å². The largest absolute Gasteiger partial charge is 0.474 e. The number of hydrogen-bond acceptors (Lipinski definition) is 5. The number of carbonyl (C=O) groups is 1. The van der Waals surface area contributed by atoms with E-state index in [0.717, 1.165) is 29.8 Å². The van der Waals surface area contributed by atoms with Crippen LogP contribution < -0.4 is 10.1 Å². The van der Waals surface area contributed by atoms with E-state index in [1.165, 1.54) is 12.8 Å². The van der Waals surface area contributed by atoms with Crippen LogP contribution in [-0.2, 0) is 6.54 Å². The molecular weight excluding hydrogens is 402 g/mol. The highest BCUT2D eigenvalue weighted by molar-refractivity contribution is 6.33. The van der Waals surface area contributed by atoms with Crippen LogP contribution in [-0.4, -0.2) is 31.8 Å². The Kier molecular flexibility index (Phi) is 5.99. The van der Waals surface area contributed by atoms with E-state index in [0.29, 0.717) is 11.7 Å². The summed E-state index contributed by atoms with van der Waals surface area (Å²) in [5, 5.41) is 7.59. The topological polar surface area (TPSA) is 81.9 Å². The molecule has 0 aromatic carbocycles. The molecule has 1 N–H and O–H groups in total. The van der Waals surface area contributed by atoms with Crippen molar-refractivity contribution in [3.63, 3.8) is 0 Å². The van der Waals surface area contributed by atoms with Crippen LogP contribution in [0.5, 0.6) is 5.88 Å². The number of amides is 1. The Morgan fingerprint density at radius 1 is 1.27 bits per heavy atom. The Labute approximate surface area is 180 Å². The summed E-state index contributed by atoms with van der Waals surface area (Å²) in [6, 6.07) is 9.09. The van der Waals surface area contributed by atoms with Gasteiger partial charge in [0, 0.05) is 24.0 Å². The first kappa shape index (κ1) is 20.3. The van der Waals surface area contributed by atoms with Crippen molar-refractivity contribution in [1.82, 2.24) is 25.1 Å². The smallest absolute Gasteiger partial charge is 0.271 e. The summed E-state index contributed by atoms with van der Waals surface area (Å²) in [7, 11) is 0. The molecule has 0 radical (unpaired) electrons. The Morgan fingerprint density at radius 3 is 2.80 bits per heavy atom. The van der Waals surface area contributed by atoms with E-state index in [4.69, 9.17) is 16.3 Å². The molecule has 3 heterocycles. The van der Waals surface area contributed by atoms with Crippen LogP contribution in [0.3, 0.4) is 0 Å².